The van der Waals surface area contributed by atoms with Crippen LogP contribution in [0.2, 0.25) is 0 Å². The quantitative estimate of drug-likeness (QED) is 0.712. The van der Waals surface area contributed by atoms with Crippen molar-refractivity contribution in [1.82, 2.24) is 4.90 Å². The number of rotatable bonds is 7. The van der Waals surface area contributed by atoms with Crippen LogP contribution in [0.1, 0.15) is 37.7 Å². The summed E-state index contributed by atoms with van der Waals surface area (Å²) in [6.45, 7) is 4.10. The normalized spacial score (nSPS) is 27.4. The first-order valence-corrected chi connectivity index (χ1v) is 10.6. The molecule has 2 atom stereocenters. The lowest BCUT2D eigenvalue weighted by atomic mass is 9.91. The summed E-state index contributed by atoms with van der Waals surface area (Å²) in [5, 5.41) is 0. The van der Waals surface area contributed by atoms with Crippen LogP contribution in [0.25, 0.3) is 0 Å². The first-order valence-electron chi connectivity index (χ1n) is 10.6. The Bertz CT molecular complexity index is 646. The largest absolute Gasteiger partial charge is 0.493 e. The van der Waals surface area contributed by atoms with Gasteiger partial charge in [0.05, 0.1) is 46.7 Å². The van der Waals surface area contributed by atoms with Gasteiger partial charge in [-0.25, -0.2) is 0 Å². The van der Waals surface area contributed by atoms with Gasteiger partial charge in [-0.15, -0.1) is 0 Å². The fourth-order valence-electron chi connectivity index (χ4n) is 4.85. The minimum atomic E-state index is -0.346. The number of benzene rings is 1. The van der Waals surface area contributed by atoms with E-state index in [9.17, 15) is 0 Å². The maximum atomic E-state index is 6.40. The predicted molar refractivity (Wildman–Crippen MR) is 106 cm³/mol. The summed E-state index contributed by atoms with van der Waals surface area (Å²) in [6.07, 6.45) is 7.03. The number of methoxy groups -OCH3 is 2. The van der Waals surface area contributed by atoms with E-state index in [0.717, 1.165) is 63.7 Å². The summed E-state index contributed by atoms with van der Waals surface area (Å²) in [7, 11) is 3.33. The van der Waals surface area contributed by atoms with Gasteiger partial charge in [0.15, 0.2) is 17.3 Å². The summed E-state index contributed by atoms with van der Waals surface area (Å²) < 4.78 is 28.9. The molecule has 6 nitrogen and oxygen atoms in total. The first kappa shape index (κ1) is 20.0. The van der Waals surface area contributed by atoms with Gasteiger partial charge in [-0.05, 0) is 37.0 Å². The van der Waals surface area contributed by atoms with Crippen molar-refractivity contribution in [2.24, 2.45) is 0 Å². The smallest absolute Gasteiger partial charge is 0.182 e. The Kier molecular flexibility index (Phi) is 6.41. The molecule has 28 heavy (non-hydrogen) atoms. The molecule has 0 aromatic heterocycles. The van der Waals surface area contributed by atoms with E-state index in [-0.39, 0.29) is 5.79 Å². The van der Waals surface area contributed by atoms with Crippen molar-refractivity contribution in [3.8, 4) is 11.5 Å². The van der Waals surface area contributed by atoms with Gasteiger partial charge < -0.3 is 23.7 Å². The summed E-state index contributed by atoms with van der Waals surface area (Å²) >= 11 is 0. The van der Waals surface area contributed by atoms with Crippen molar-refractivity contribution >= 4 is 0 Å². The van der Waals surface area contributed by atoms with Gasteiger partial charge in [0.1, 0.15) is 0 Å². The second kappa shape index (κ2) is 8.99. The third-order valence-electron chi connectivity index (χ3n) is 6.34. The maximum Gasteiger partial charge on any atom is 0.182 e. The first-order chi connectivity index (χ1) is 13.7. The molecule has 2 saturated heterocycles. The van der Waals surface area contributed by atoms with E-state index in [2.05, 4.69) is 11.0 Å². The monoisotopic (exact) mass is 391 g/mol. The number of hydrogen-bond donors (Lipinski definition) is 0. The topological polar surface area (TPSA) is 49.4 Å². The van der Waals surface area contributed by atoms with Gasteiger partial charge in [0.25, 0.3) is 0 Å². The van der Waals surface area contributed by atoms with Gasteiger partial charge in [-0.2, -0.15) is 0 Å². The molecule has 1 spiro atoms. The average molecular weight is 392 g/mol. The summed E-state index contributed by atoms with van der Waals surface area (Å²) in [5.41, 5.74) is 1.21. The number of hydrogen-bond acceptors (Lipinski definition) is 6. The van der Waals surface area contributed by atoms with E-state index in [1.54, 1.807) is 14.2 Å². The van der Waals surface area contributed by atoms with Crippen LogP contribution in [0.3, 0.4) is 0 Å². The zero-order valence-electron chi connectivity index (χ0n) is 17.2. The molecule has 0 N–H and O–H groups in total. The number of nitrogens with zero attached hydrogens (tertiary/aromatic N) is 1. The fraction of sp³-hybridized carbons (Fsp3) is 0.727. The molecule has 2 aliphatic heterocycles. The van der Waals surface area contributed by atoms with Crippen LogP contribution >= 0.6 is 0 Å². The number of likely N-dealkylation sites (tertiary alicyclic amines) is 1. The Labute approximate surface area is 168 Å². The lowest BCUT2D eigenvalue weighted by Gasteiger charge is -2.38. The lowest BCUT2D eigenvalue weighted by Crippen LogP contribution is -2.47. The predicted octanol–water partition coefficient (Wildman–Crippen LogP) is 3.02. The average Bonchev–Trinajstić information content (AvgIpc) is 3.38. The highest BCUT2D eigenvalue weighted by Crippen LogP contribution is 2.35. The third-order valence-corrected chi connectivity index (χ3v) is 6.34. The lowest BCUT2D eigenvalue weighted by molar-refractivity contribution is -0.149. The second-order valence-electron chi connectivity index (χ2n) is 8.03. The van der Waals surface area contributed by atoms with Gasteiger partial charge >= 0.3 is 0 Å². The summed E-state index contributed by atoms with van der Waals surface area (Å²) in [6, 6.07) is 6.57. The molecule has 1 saturated carbocycles. The third kappa shape index (κ3) is 4.30. The molecular weight excluding hydrogens is 358 g/mol. The van der Waals surface area contributed by atoms with E-state index >= 15 is 0 Å². The minimum absolute atomic E-state index is 0.297. The molecular formula is C22H33NO5. The van der Waals surface area contributed by atoms with Crippen molar-refractivity contribution in [1.29, 1.82) is 0 Å². The van der Waals surface area contributed by atoms with Gasteiger partial charge in [-0.3, -0.25) is 4.90 Å². The van der Waals surface area contributed by atoms with Crippen molar-refractivity contribution in [3.05, 3.63) is 23.8 Å². The minimum Gasteiger partial charge on any atom is -0.493 e. The molecule has 1 aromatic carbocycles. The Morgan fingerprint density at radius 1 is 1.07 bits per heavy atom. The highest BCUT2D eigenvalue weighted by molar-refractivity contribution is 5.42. The van der Waals surface area contributed by atoms with Crippen LogP contribution < -0.4 is 9.47 Å². The highest BCUT2D eigenvalue weighted by Gasteiger charge is 2.46. The zero-order chi connectivity index (χ0) is 19.4. The Balaban J connectivity index is 1.32. The van der Waals surface area contributed by atoms with Gasteiger partial charge in [0.2, 0.25) is 0 Å². The van der Waals surface area contributed by atoms with Crippen LogP contribution in [0, 0.1) is 0 Å². The zero-order valence-corrected chi connectivity index (χ0v) is 17.2. The van der Waals surface area contributed by atoms with E-state index in [1.165, 1.54) is 24.8 Å². The van der Waals surface area contributed by atoms with E-state index in [1.807, 2.05) is 12.1 Å². The van der Waals surface area contributed by atoms with Crippen LogP contribution in [0.15, 0.2) is 18.2 Å². The van der Waals surface area contributed by atoms with Crippen molar-refractivity contribution < 1.29 is 23.7 Å². The molecule has 2 heterocycles. The molecule has 0 bridgehead atoms. The maximum absolute atomic E-state index is 6.40. The Morgan fingerprint density at radius 2 is 1.86 bits per heavy atom. The van der Waals surface area contributed by atoms with Crippen LogP contribution in [0.4, 0.5) is 0 Å². The molecule has 156 valence electrons. The molecule has 0 radical (unpaired) electrons. The van der Waals surface area contributed by atoms with Gasteiger partial charge in [0, 0.05) is 19.0 Å². The summed E-state index contributed by atoms with van der Waals surface area (Å²) in [4.78, 5) is 2.55. The molecule has 1 aliphatic carbocycles. The fourth-order valence-corrected chi connectivity index (χ4v) is 4.85. The van der Waals surface area contributed by atoms with Crippen LogP contribution in [0.5, 0.6) is 11.5 Å². The van der Waals surface area contributed by atoms with E-state index in [0.29, 0.717) is 12.1 Å². The molecule has 6 heteroatoms. The highest BCUT2D eigenvalue weighted by atomic mass is 16.7. The summed E-state index contributed by atoms with van der Waals surface area (Å²) in [5.74, 6) is 1.19. The van der Waals surface area contributed by atoms with Crippen molar-refractivity contribution in [3.63, 3.8) is 0 Å². The van der Waals surface area contributed by atoms with E-state index < -0.39 is 0 Å². The molecule has 1 aromatic rings. The van der Waals surface area contributed by atoms with E-state index in [4.69, 9.17) is 23.7 Å². The van der Waals surface area contributed by atoms with Crippen LogP contribution in [-0.2, 0) is 20.6 Å². The van der Waals surface area contributed by atoms with Crippen molar-refractivity contribution in [2.45, 2.75) is 56.5 Å². The number of ether oxygens (including phenoxy) is 5. The SMILES string of the molecule is COc1ccc(CCO[C@H]2CCCC[C@@H]2N2CCC3(C2)OCCO3)cc1OC. The standard InChI is InChI=1S/C22H33NO5/c1-24-20-8-7-17(15-21(20)25-2)9-12-26-19-6-4-3-5-18(19)23-11-10-22(16-23)27-13-14-28-22/h7-8,15,18-19H,3-6,9-14,16H2,1-2H3/t18-,19-/m0/s1. The Morgan fingerprint density at radius 3 is 2.64 bits per heavy atom. The second-order valence-corrected chi connectivity index (χ2v) is 8.03. The molecule has 0 unspecified atom stereocenters. The Hall–Kier alpha value is -1.34. The van der Waals surface area contributed by atoms with Gasteiger partial charge in [-0.1, -0.05) is 18.9 Å². The molecule has 4 rings (SSSR count). The molecule has 3 aliphatic rings. The van der Waals surface area contributed by atoms with Crippen LogP contribution in [-0.4, -0.2) is 70.0 Å². The molecule has 0 amide bonds. The molecule has 3 fully saturated rings. The van der Waals surface area contributed by atoms with Crippen molar-refractivity contribution in [2.75, 3.05) is 47.1 Å².